The number of carbonyl (C=O) groups is 2. The van der Waals surface area contributed by atoms with E-state index in [9.17, 15) is 9.59 Å². The molecule has 3 N–H and O–H groups in total. The van der Waals surface area contributed by atoms with Crippen LogP contribution in [0.2, 0.25) is 0 Å². The van der Waals surface area contributed by atoms with E-state index in [1.54, 1.807) is 18.3 Å². The van der Waals surface area contributed by atoms with Crippen molar-refractivity contribution in [3.63, 3.8) is 0 Å². The van der Waals surface area contributed by atoms with E-state index in [-0.39, 0.29) is 5.91 Å². The molecule has 6 heteroatoms. The SMILES string of the molecule is CNC(=O)NC(=O)C(C)Nc1ccc2sccc2c1. The fourth-order valence-electron chi connectivity index (χ4n) is 1.65. The average Bonchev–Trinajstić information content (AvgIpc) is 2.85. The molecule has 0 aliphatic heterocycles. The standard InChI is InChI=1S/C13H15N3O2S/c1-8(12(17)16-13(18)14-2)15-10-3-4-11-9(7-10)5-6-19-11/h3-8,15H,1-2H3,(H2,14,16,17,18). The molecule has 0 fully saturated rings. The smallest absolute Gasteiger partial charge is 0.321 e. The normalized spacial score (nSPS) is 11.9. The average molecular weight is 277 g/mol. The van der Waals surface area contributed by atoms with E-state index in [4.69, 9.17) is 0 Å². The second-order valence-corrected chi connectivity index (χ2v) is 5.06. The predicted molar refractivity (Wildman–Crippen MR) is 77.5 cm³/mol. The monoisotopic (exact) mass is 277 g/mol. The van der Waals surface area contributed by atoms with Gasteiger partial charge in [-0.25, -0.2) is 4.79 Å². The first kappa shape index (κ1) is 13.4. The predicted octanol–water partition coefficient (Wildman–Crippen LogP) is 2.16. The minimum atomic E-state index is -0.507. The lowest BCUT2D eigenvalue weighted by atomic mass is 10.2. The molecule has 19 heavy (non-hydrogen) atoms. The van der Waals surface area contributed by atoms with Crippen LogP contribution in [0.15, 0.2) is 29.6 Å². The van der Waals surface area contributed by atoms with Gasteiger partial charge in [-0.15, -0.1) is 11.3 Å². The van der Waals surface area contributed by atoms with Crippen LogP contribution < -0.4 is 16.0 Å². The Morgan fingerprint density at radius 1 is 1.26 bits per heavy atom. The Labute approximate surface area is 115 Å². The van der Waals surface area contributed by atoms with Crippen LogP contribution in [0.25, 0.3) is 10.1 Å². The summed E-state index contributed by atoms with van der Waals surface area (Å²) in [5, 5.41) is 10.8. The summed E-state index contributed by atoms with van der Waals surface area (Å²) in [5.74, 6) is -0.371. The number of thiophene rings is 1. The molecule has 3 amide bonds. The van der Waals surface area contributed by atoms with Crippen LogP contribution in [0.1, 0.15) is 6.92 Å². The zero-order valence-electron chi connectivity index (χ0n) is 10.7. The number of hydrogen-bond donors (Lipinski definition) is 3. The van der Waals surface area contributed by atoms with Gasteiger partial charge in [0.1, 0.15) is 6.04 Å². The molecule has 0 aliphatic carbocycles. The van der Waals surface area contributed by atoms with Gasteiger partial charge in [-0.1, -0.05) is 0 Å². The lowest BCUT2D eigenvalue weighted by molar-refractivity contribution is -0.120. The Hall–Kier alpha value is -2.08. The van der Waals surface area contributed by atoms with Crippen LogP contribution in [-0.2, 0) is 4.79 Å². The minimum absolute atomic E-state index is 0.371. The number of benzene rings is 1. The van der Waals surface area contributed by atoms with Crippen LogP contribution >= 0.6 is 11.3 Å². The first-order valence-corrected chi connectivity index (χ1v) is 6.74. The van der Waals surface area contributed by atoms with E-state index in [1.165, 1.54) is 11.7 Å². The maximum atomic E-state index is 11.7. The highest BCUT2D eigenvalue weighted by molar-refractivity contribution is 7.17. The number of fused-ring (bicyclic) bond motifs is 1. The van der Waals surface area contributed by atoms with Gasteiger partial charge in [0, 0.05) is 17.4 Å². The van der Waals surface area contributed by atoms with Crippen LogP contribution in [0, 0.1) is 0 Å². The summed E-state index contributed by atoms with van der Waals surface area (Å²) in [6.45, 7) is 1.70. The van der Waals surface area contributed by atoms with E-state index in [1.807, 2.05) is 29.6 Å². The second kappa shape index (κ2) is 5.71. The third-order valence-electron chi connectivity index (χ3n) is 2.69. The van der Waals surface area contributed by atoms with Gasteiger partial charge in [0.2, 0.25) is 5.91 Å². The molecule has 0 spiro atoms. The van der Waals surface area contributed by atoms with Gasteiger partial charge in [-0.3, -0.25) is 10.1 Å². The molecular weight excluding hydrogens is 262 g/mol. The fraction of sp³-hybridized carbons (Fsp3) is 0.231. The number of imide groups is 1. The van der Waals surface area contributed by atoms with E-state index < -0.39 is 12.1 Å². The van der Waals surface area contributed by atoms with Crippen molar-refractivity contribution in [2.24, 2.45) is 0 Å². The third-order valence-corrected chi connectivity index (χ3v) is 3.59. The van der Waals surface area contributed by atoms with Crippen molar-refractivity contribution < 1.29 is 9.59 Å². The Kier molecular flexibility index (Phi) is 4.01. The summed E-state index contributed by atoms with van der Waals surface area (Å²) in [6, 6.07) is 6.93. The number of hydrogen-bond acceptors (Lipinski definition) is 4. The Morgan fingerprint density at radius 3 is 2.79 bits per heavy atom. The Balaban J connectivity index is 2.03. The quantitative estimate of drug-likeness (QED) is 0.805. The Morgan fingerprint density at radius 2 is 2.05 bits per heavy atom. The number of rotatable bonds is 3. The largest absolute Gasteiger partial charge is 0.374 e. The number of anilines is 1. The molecule has 0 radical (unpaired) electrons. The van der Waals surface area contributed by atoms with Crippen molar-refractivity contribution in [1.29, 1.82) is 0 Å². The van der Waals surface area contributed by atoms with Gasteiger partial charge < -0.3 is 10.6 Å². The van der Waals surface area contributed by atoms with E-state index in [0.29, 0.717) is 0 Å². The number of urea groups is 1. The van der Waals surface area contributed by atoms with Crippen LogP contribution in [0.4, 0.5) is 10.5 Å². The molecule has 100 valence electrons. The van der Waals surface area contributed by atoms with Gasteiger partial charge >= 0.3 is 6.03 Å². The first-order chi connectivity index (χ1) is 9.10. The molecule has 1 aromatic heterocycles. The summed E-state index contributed by atoms with van der Waals surface area (Å²) in [4.78, 5) is 22.7. The number of carbonyl (C=O) groups excluding carboxylic acids is 2. The van der Waals surface area contributed by atoms with E-state index >= 15 is 0 Å². The summed E-state index contributed by atoms with van der Waals surface area (Å²) in [7, 11) is 1.46. The molecule has 0 saturated heterocycles. The maximum absolute atomic E-state index is 11.7. The molecule has 5 nitrogen and oxygen atoms in total. The lowest BCUT2D eigenvalue weighted by Crippen LogP contribution is -2.44. The molecule has 1 unspecified atom stereocenters. The van der Waals surface area contributed by atoms with Crippen molar-refractivity contribution in [3.8, 4) is 0 Å². The number of amides is 3. The highest BCUT2D eigenvalue weighted by atomic mass is 32.1. The van der Waals surface area contributed by atoms with Gasteiger partial charge in [0.05, 0.1) is 0 Å². The fourth-order valence-corrected chi connectivity index (χ4v) is 2.43. The van der Waals surface area contributed by atoms with Crippen molar-refractivity contribution in [3.05, 3.63) is 29.6 Å². The van der Waals surface area contributed by atoms with Gasteiger partial charge in [0.15, 0.2) is 0 Å². The summed E-state index contributed by atoms with van der Waals surface area (Å²) < 4.78 is 1.20. The maximum Gasteiger partial charge on any atom is 0.321 e. The zero-order chi connectivity index (χ0) is 13.8. The molecule has 0 saturated carbocycles. The number of nitrogens with one attached hydrogen (secondary N) is 3. The molecule has 0 aliphatic rings. The molecule has 2 aromatic rings. The lowest BCUT2D eigenvalue weighted by Gasteiger charge is -2.14. The van der Waals surface area contributed by atoms with Crippen molar-refractivity contribution in [2.45, 2.75) is 13.0 Å². The highest BCUT2D eigenvalue weighted by Gasteiger charge is 2.14. The van der Waals surface area contributed by atoms with Crippen LogP contribution in [-0.4, -0.2) is 25.0 Å². The topological polar surface area (TPSA) is 70.2 Å². The molecule has 2 rings (SSSR count). The van der Waals surface area contributed by atoms with Gasteiger partial charge in [-0.2, -0.15) is 0 Å². The molecule has 1 aromatic carbocycles. The second-order valence-electron chi connectivity index (χ2n) is 4.11. The van der Waals surface area contributed by atoms with Crippen LogP contribution in [0.3, 0.4) is 0 Å². The van der Waals surface area contributed by atoms with E-state index in [2.05, 4.69) is 16.0 Å². The Bertz CT molecular complexity index is 609. The van der Waals surface area contributed by atoms with Crippen molar-refractivity contribution in [1.82, 2.24) is 10.6 Å². The van der Waals surface area contributed by atoms with Gasteiger partial charge in [-0.05, 0) is 42.0 Å². The van der Waals surface area contributed by atoms with Crippen molar-refractivity contribution >= 4 is 39.0 Å². The third kappa shape index (κ3) is 3.23. The molecular formula is C13H15N3O2S. The summed E-state index contributed by atoms with van der Waals surface area (Å²) >= 11 is 1.67. The van der Waals surface area contributed by atoms with Crippen molar-refractivity contribution in [2.75, 3.05) is 12.4 Å². The van der Waals surface area contributed by atoms with Gasteiger partial charge in [0.25, 0.3) is 0 Å². The summed E-state index contributed by atoms with van der Waals surface area (Å²) in [6.07, 6.45) is 0. The van der Waals surface area contributed by atoms with E-state index in [0.717, 1.165) is 11.1 Å². The first-order valence-electron chi connectivity index (χ1n) is 5.86. The summed E-state index contributed by atoms with van der Waals surface area (Å²) in [5.41, 5.74) is 0.852. The molecule has 0 bridgehead atoms. The van der Waals surface area contributed by atoms with Crippen LogP contribution in [0.5, 0.6) is 0 Å². The zero-order valence-corrected chi connectivity index (χ0v) is 11.5. The minimum Gasteiger partial charge on any atom is -0.374 e. The highest BCUT2D eigenvalue weighted by Crippen LogP contribution is 2.24. The molecule has 1 atom stereocenters. The molecule has 1 heterocycles.